The molecular formula is C24H26FNO2. The minimum Gasteiger partial charge on any atom is -0.478 e. The Hall–Kier alpha value is -2.88. The van der Waals surface area contributed by atoms with E-state index in [2.05, 4.69) is 37.5 Å². The fraction of sp³-hybridized carbons (Fsp3) is 0.292. The number of hydrogen-bond acceptors (Lipinski definition) is 1. The second kappa shape index (κ2) is 8.01. The van der Waals surface area contributed by atoms with Crippen LogP contribution in [0.5, 0.6) is 0 Å². The number of halogens is 1. The lowest BCUT2D eigenvalue weighted by atomic mass is 9.91. The zero-order valence-corrected chi connectivity index (χ0v) is 16.7. The van der Waals surface area contributed by atoms with Gasteiger partial charge < -0.3 is 9.67 Å². The van der Waals surface area contributed by atoms with Crippen molar-refractivity contribution in [1.29, 1.82) is 0 Å². The Morgan fingerprint density at radius 3 is 2.36 bits per heavy atom. The van der Waals surface area contributed by atoms with Gasteiger partial charge in [0.2, 0.25) is 0 Å². The number of nitrogens with zero attached hydrogens (tertiary/aromatic N) is 1. The maximum absolute atomic E-state index is 13.5. The van der Waals surface area contributed by atoms with E-state index in [0.717, 1.165) is 33.3 Å². The first-order valence-electron chi connectivity index (χ1n) is 9.58. The van der Waals surface area contributed by atoms with Crippen LogP contribution in [-0.2, 0) is 4.79 Å². The van der Waals surface area contributed by atoms with Gasteiger partial charge in [0.25, 0.3) is 0 Å². The van der Waals surface area contributed by atoms with E-state index in [1.54, 1.807) is 0 Å². The predicted octanol–water partition coefficient (Wildman–Crippen LogP) is 6.55. The maximum atomic E-state index is 13.5. The highest BCUT2D eigenvalue weighted by molar-refractivity contribution is 5.98. The van der Waals surface area contributed by atoms with Gasteiger partial charge in [-0.15, -0.1) is 0 Å². The molecule has 3 aromatic rings. The van der Waals surface area contributed by atoms with E-state index in [9.17, 15) is 9.18 Å². The van der Waals surface area contributed by atoms with Crippen molar-refractivity contribution in [2.75, 3.05) is 0 Å². The molecule has 1 aromatic heterocycles. The van der Waals surface area contributed by atoms with Crippen LogP contribution in [0, 0.1) is 5.82 Å². The normalized spacial score (nSPS) is 13.3. The molecule has 2 aromatic carbocycles. The number of carboxylic acid groups (broad SMARTS) is 1. The summed E-state index contributed by atoms with van der Waals surface area (Å²) >= 11 is 0. The van der Waals surface area contributed by atoms with Crippen molar-refractivity contribution in [3.63, 3.8) is 0 Å². The molecule has 0 fully saturated rings. The predicted molar refractivity (Wildman–Crippen MR) is 112 cm³/mol. The van der Waals surface area contributed by atoms with Crippen molar-refractivity contribution in [3.05, 3.63) is 71.7 Å². The quantitative estimate of drug-likeness (QED) is 0.493. The van der Waals surface area contributed by atoms with E-state index in [0.29, 0.717) is 6.42 Å². The summed E-state index contributed by atoms with van der Waals surface area (Å²) in [6.07, 6.45) is 1.92. The molecule has 0 bridgehead atoms. The molecule has 4 heteroatoms. The van der Waals surface area contributed by atoms with Gasteiger partial charge in [-0.25, -0.2) is 9.18 Å². The van der Waals surface area contributed by atoms with Gasteiger partial charge >= 0.3 is 5.97 Å². The lowest BCUT2D eigenvalue weighted by molar-refractivity contribution is -0.131. The number of fused-ring (bicyclic) bond motifs is 1. The minimum absolute atomic E-state index is 0.102. The smallest absolute Gasteiger partial charge is 0.328 e. The largest absolute Gasteiger partial charge is 0.478 e. The van der Waals surface area contributed by atoms with Crippen LogP contribution < -0.4 is 0 Å². The number of para-hydroxylation sites is 1. The van der Waals surface area contributed by atoms with Crippen molar-refractivity contribution in [2.45, 2.75) is 46.1 Å². The van der Waals surface area contributed by atoms with Crippen molar-refractivity contribution >= 4 is 16.9 Å². The number of aromatic nitrogens is 1. The van der Waals surface area contributed by atoms with E-state index < -0.39 is 5.97 Å². The van der Waals surface area contributed by atoms with Crippen molar-refractivity contribution in [3.8, 4) is 11.1 Å². The van der Waals surface area contributed by atoms with Crippen LogP contribution in [0.4, 0.5) is 4.39 Å². The molecule has 0 aliphatic carbocycles. The monoisotopic (exact) mass is 379 g/mol. The van der Waals surface area contributed by atoms with Gasteiger partial charge in [-0.1, -0.05) is 42.8 Å². The lowest BCUT2D eigenvalue weighted by Gasteiger charge is -2.21. The first kappa shape index (κ1) is 19.9. The summed E-state index contributed by atoms with van der Waals surface area (Å²) in [6, 6.07) is 15.1. The highest BCUT2D eigenvalue weighted by atomic mass is 19.1. The number of carbonyl (C=O) groups is 1. The van der Waals surface area contributed by atoms with Crippen LogP contribution in [-0.4, -0.2) is 15.6 Å². The maximum Gasteiger partial charge on any atom is 0.328 e. The fourth-order valence-corrected chi connectivity index (χ4v) is 4.09. The Kier molecular flexibility index (Phi) is 5.68. The Bertz CT molecular complexity index is 1030. The number of aliphatic carboxylic acids is 1. The van der Waals surface area contributed by atoms with Crippen LogP contribution in [0.3, 0.4) is 0 Å². The average molecular weight is 379 g/mol. The molecule has 28 heavy (non-hydrogen) atoms. The Morgan fingerprint density at radius 1 is 1.11 bits per heavy atom. The molecule has 0 saturated carbocycles. The number of allylic oxidation sites excluding steroid dienone is 1. The highest BCUT2D eigenvalue weighted by Crippen LogP contribution is 2.42. The van der Waals surface area contributed by atoms with Crippen LogP contribution >= 0.6 is 0 Å². The number of benzene rings is 2. The number of hydrogen-bond donors (Lipinski definition) is 1. The second-order valence-corrected chi connectivity index (χ2v) is 7.68. The van der Waals surface area contributed by atoms with E-state index in [4.69, 9.17) is 5.11 Å². The fourth-order valence-electron chi connectivity index (χ4n) is 4.09. The molecule has 1 N–H and O–H groups in total. The zero-order chi connectivity index (χ0) is 20.4. The summed E-state index contributed by atoms with van der Waals surface area (Å²) in [5, 5.41) is 10.2. The third-order valence-electron chi connectivity index (χ3n) is 5.06. The third-order valence-corrected chi connectivity index (χ3v) is 5.06. The minimum atomic E-state index is -0.923. The van der Waals surface area contributed by atoms with E-state index >= 15 is 0 Å². The topological polar surface area (TPSA) is 42.2 Å². The molecular weight excluding hydrogens is 353 g/mol. The molecule has 3 nitrogen and oxygen atoms in total. The van der Waals surface area contributed by atoms with E-state index in [-0.39, 0.29) is 17.8 Å². The first-order chi connectivity index (χ1) is 13.3. The summed E-state index contributed by atoms with van der Waals surface area (Å²) in [5.74, 6) is -1.08. The standard InChI is InChI=1S/C24H26FNO2/c1-15(2)26-21-8-6-5-7-20(21)23(18-9-11-19(25)12-10-18)24(26)17(4)13-16(3)14-22(27)28/h5-12,14-15,17H,13H2,1-4H3,(H,27,28)/b16-14+. The van der Waals surface area contributed by atoms with E-state index in [1.807, 2.05) is 31.2 Å². The first-order valence-corrected chi connectivity index (χ1v) is 9.58. The molecule has 0 saturated heterocycles. The van der Waals surface area contributed by atoms with Gasteiger partial charge in [-0.3, -0.25) is 0 Å². The van der Waals surface area contributed by atoms with Crippen LogP contribution in [0.2, 0.25) is 0 Å². The van der Waals surface area contributed by atoms with Gasteiger partial charge in [0.1, 0.15) is 5.82 Å². The van der Waals surface area contributed by atoms with Crippen LogP contribution in [0.1, 0.15) is 51.8 Å². The summed E-state index contributed by atoms with van der Waals surface area (Å²) in [7, 11) is 0. The van der Waals surface area contributed by atoms with Gasteiger partial charge in [0.05, 0.1) is 0 Å². The molecule has 0 aliphatic heterocycles. The molecule has 0 spiro atoms. The van der Waals surface area contributed by atoms with Gasteiger partial charge in [-0.05, 0) is 51.0 Å². The van der Waals surface area contributed by atoms with E-state index in [1.165, 1.54) is 18.2 Å². The average Bonchev–Trinajstić information content (AvgIpc) is 2.97. The molecule has 1 unspecified atom stereocenters. The van der Waals surface area contributed by atoms with Crippen molar-refractivity contribution in [1.82, 2.24) is 4.57 Å². The van der Waals surface area contributed by atoms with Gasteiger partial charge in [0.15, 0.2) is 0 Å². The summed E-state index contributed by atoms with van der Waals surface area (Å²) in [4.78, 5) is 11.0. The second-order valence-electron chi connectivity index (χ2n) is 7.68. The molecule has 3 rings (SSSR count). The Balaban J connectivity index is 2.26. The molecule has 1 heterocycles. The summed E-state index contributed by atoms with van der Waals surface area (Å²) in [5.41, 5.74) is 5.18. The molecule has 1 atom stereocenters. The molecule has 0 amide bonds. The highest BCUT2D eigenvalue weighted by Gasteiger charge is 2.24. The number of carboxylic acids is 1. The summed E-state index contributed by atoms with van der Waals surface area (Å²) < 4.78 is 15.9. The SMILES string of the molecule is C/C(=C\C(=O)O)CC(C)c1c(-c2ccc(F)cc2)c2ccccc2n1C(C)C. The summed E-state index contributed by atoms with van der Waals surface area (Å²) in [6.45, 7) is 8.28. The molecule has 146 valence electrons. The Labute approximate surface area is 165 Å². The van der Waals surface area contributed by atoms with Crippen molar-refractivity contribution < 1.29 is 14.3 Å². The van der Waals surface area contributed by atoms with Gasteiger partial charge in [0, 0.05) is 40.2 Å². The van der Waals surface area contributed by atoms with Crippen LogP contribution in [0.25, 0.3) is 22.0 Å². The van der Waals surface area contributed by atoms with Crippen molar-refractivity contribution in [2.24, 2.45) is 0 Å². The third kappa shape index (κ3) is 3.86. The Morgan fingerprint density at radius 2 is 1.75 bits per heavy atom. The van der Waals surface area contributed by atoms with Gasteiger partial charge in [-0.2, -0.15) is 0 Å². The number of rotatable bonds is 6. The lowest BCUT2D eigenvalue weighted by Crippen LogP contribution is -2.10. The molecule has 0 aliphatic rings. The molecule has 0 radical (unpaired) electrons. The van der Waals surface area contributed by atoms with Crippen LogP contribution in [0.15, 0.2) is 60.2 Å². The zero-order valence-electron chi connectivity index (χ0n) is 16.7.